The number of aryl methyl sites for hydroxylation is 2. The monoisotopic (exact) mass is 191 g/mol. The van der Waals surface area contributed by atoms with Gasteiger partial charge in [0.25, 0.3) is 0 Å². The summed E-state index contributed by atoms with van der Waals surface area (Å²) in [5.41, 5.74) is 3.99. The van der Waals surface area contributed by atoms with Crippen LogP contribution in [0, 0.1) is 13.8 Å². The number of anilines is 1. The molecule has 0 unspecified atom stereocenters. The van der Waals surface area contributed by atoms with Crippen LogP contribution in [0.25, 0.3) is 0 Å². The van der Waals surface area contributed by atoms with Gasteiger partial charge in [0.1, 0.15) is 1.41 Å². The van der Waals surface area contributed by atoms with Crippen molar-refractivity contribution in [3.63, 3.8) is 0 Å². The molecule has 0 amide bonds. The van der Waals surface area contributed by atoms with Gasteiger partial charge in [-0.05, 0) is 37.1 Å². The van der Waals surface area contributed by atoms with E-state index in [1.54, 1.807) is 5.31 Å². The second-order valence-electron chi connectivity index (χ2n) is 3.93. The molecular weight excluding hydrogens is 172 g/mol. The van der Waals surface area contributed by atoms with Crippen LogP contribution in [0.5, 0.6) is 0 Å². The summed E-state index contributed by atoms with van der Waals surface area (Å²) >= 11 is 0. The highest BCUT2D eigenvalue weighted by Gasteiger charge is 2.10. The van der Waals surface area contributed by atoms with Crippen LogP contribution >= 0.6 is 0 Å². The third-order valence-corrected chi connectivity index (χ3v) is 2.91. The number of nitrogens with zero attached hydrogens (tertiary/aromatic N) is 1. The number of benzene rings is 1. The first-order chi connectivity index (χ1) is 7.16. The summed E-state index contributed by atoms with van der Waals surface area (Å²) in [5.74, 6) is 0. The summed E-state index contributed by atoms with van der Waals surface area (Å²) in [7, 11) is 0. The van der Waals surface area contributed by atoms with Crippen LogP contribution in [-0.2, 0) is 0 Å². The Morgan fingerprint density at radius 1 is 1.21 bits per heavy atom. The van der Waals surface area contributed by atoms with Gasteiger partial charge in [-0.3, -0.25) is 0 Å². The molecule has 1 N–H and O–H groups in total. The van der Waals surface area contributed by atoms with E-state index in [0.29, 0.717) is 0 Å². The molecule has 2 heteroatoms. The van der Waals surface area contributed by atoms with Crippen LogP contribution in [0.15, 0.2) is 18.2 Å². The summed E-state index contributed by atoms with van der Waals surface area (Å²) in [6.45, 7) is 7.90. The molecular formula is C12H18N2. The van der Waals surface area contributed by atoms with Gasteiger partial charge in [0, 0.05) is 31.9 Å². The lowest BCUT2D eigenvalue weighted by atomic mass is 10.1. The molecule has 0 bridgehead atoms. The average Bonchev–Trinajstić information content (AvgIpc) is 2.23. The largest absolute Gasteiger partial charge is 0.369 e. The predicted molar refractivity (Wildman–Crippen MR) is 61.0 cm³/mol. The molecule has 1 aromatic carbocycles. The van der Waals surface area contributed by atoms with Gasteiger partial charge in [0.2, 0.25) is 0 Å². The lowest BCUT2D eigenvalue weighted by Gasteiger charge is -2.29. The molecule has 0 radical (unpaired) electrons. The van der Waals surface area contributed by atoms with E-state index in [-0.39, 0.29) is 0 Å². The Kier molecular flexibility index (Phi) is 2.38. The van der Waals surface area contributed by atoms with Gasteiger partial charge in [-0.15, -0.1) is 0 Å². The first-order valence-corrected chi connectivity index (χ1v) is 5.23. The van der Waals surface area contributed by atoms with Gasteiger partial charge in [-0.25, -0.2) is 0 Å². The molecule has 2 nitrogen and oxygen atoms in total. The molecule has 1 aliphatic heterocycles. The number of hydrogen-bond acceptors (Lipinski definition) is 2. The second-order valence-corrected chi connectivity index (χ2v) is 3.93. The molecule has 2 rings (SSSR count). The van der Waals surface area contributed by atoms with Crippen LogP contribution in [-0.4, -0.2) is 26.2 Å². The second kappa shape index (κ2) is 4.01. The third kappa shape index (κ3) is 1.90. The Bertz CT molecular complexity index is 343. The van der Waals surface area contributed by atoms with E-state index < -0.39 is 0 Å². The normalized spacial score (nSPS) is 19.6. The lowest BCUT2D eigenvalue weighted by molar-refractivity contribution is 0.589. The molecule has 1 aliphatic rings. The maximum absolute atomic E-state index is 7.51. The Balaban J connectivity index is 2.12. The lowest BCUT2D eigenvalue weighted by Crippen LogP contribution is -2.43. The molecule has 0 atom stereocenters. The highest BCUT2D eigenvalue weighted by atomic mass is 15.2. The topological polar surface area (TPSA) is 15.3 Å². The predicted octanol–water partition coefficient (Wildman–Crippen LogP) is 1.71. The van der Waals surface area contributed by atoms with Crippen molar-refractivity contribution in [2.45, 2.75) is 13.8 Å². The van der Waals surface area contributed by atoms with Crippen molar-refractivity contribution in [3.8, 4) is 0 Å². The quantitative estimate of drug-likeness (QED) is 0.727. The van der Waals surface area contributed by atoms with Crippen LogP contribution in [0.2, 0.25) is 1.41 Å². The summed E-state index contributed by atoms with van der Waals surface area (Å²) < 4.78 is 7.51. The van der Waals surface area contributed by atoms with E-state index in [2.05, 4.69) is 36.9 Å². The smallest absolute Gasteiger partial charge is 0.122 e. The molecule has 1 heterocycles. The summed E-state index contributed by atoms with van der Waals surface area (Å²) in [6, 6.07) is 6.61. The maximum atomic E-state index is 7.51. The SMILES string of the molecule is [2H]N1CCN(c2ccc(C)c(C)c2)CC1. The molecule has 0 spiro atoms. The highest BCUT2D eigenvalue weighted by molar-refractivity contribution is 5.50. The minimum Gasteiger partial charge on any atom is -0.369 e. The van der Waals surface area contributed by atoms with Crippen LogP contribution in [0.1, 0.15) is 11.1 Å². The molecule has 14 heavy (non-hydrogen) atoms. The molecule has 0 aliphatic carbocycles. The number of piperazine rings is 1. The van der Waals surface area contributed by atoms with Crippen molar-refractivity contribution in [1.82, 2.24) is 5.31 Å². The van der Waals surface area contributed by atoms with E-state index in [4.69, 9.17) is 1.41 Å². The third-order valence-electron chi connectivity index (χ3n) is 2.91. The fourth-order valence-electron chi connectivity index (χ4n) is 1.79. The van der Waals surface area contributed by atoms with E-state index in [1.165, 1.54) is 16.8 Å². The molecule has 1 fully saturated rings. The van der Waals surface area contributed by atoms with Crippen molar-refractivity contribution < 1.29 is 1.41 Å². The highest BCUT2D eigenvalue weighted by Crippen LogP contribution is 2.18. The molecule has 1 saturated heterocycles. The van der Waals surface area contributed by atoms with E-state index in [0.717, 1.165) is 26.2 Å². The van der Waals surface area contributed by atoms with Crippen molar-refractivity contribution in [1.29, 1.82) is 0 Å². The molecule has 76 valence electrons. The van der Waals surface area contributed by atoms with Gasteiger partial charge < -0.3 is 10.2 Å². The van der Waals surface area contributed by atoms with Gasteiger partial charge in [-0.2, -0.15) is 0 Å². The standard InChI is InChI=1S/C12H18N2/c1-10-3-4-12(9-11(10)2)14-7-5-13-6-8-14/h3-4,9,13H,5-8H2,1-2H3/i/hD. The fraction of sp³-hybridized carbons (Fsp3) is 0.500. The zero-order valence-electron chi connectivity index (χ0n) is 9.95. The molecule has 1 aromatic rings. The van der Waals surface area contributed by atoms with Gasteiger partial charge >= 0.3 is 0 Å². The zero-order chi connectivity index (χ0) is 10.8. The fourth-order valence-corrected chi connectivity index (χ4v) is 1.79. The summed E-state index contributed by atoms with van der Waals surface area (Å²) in [4.78, 5) is 2.36. The minimum atomic E-state index is 0.840. The number of nitrogens with one attached hydrogen (secondary N) is 1. The van der Waals surface area contributed by atoms with Crippen molar-refractivity contribution >= 4 is 5.69 Å². The summed E-state index contributed by atoms with van der Waals surface area (Å²) in [6.07, 6.45) is 0. The van der Waals surface area contributed by atoms with Gasteiger partial charge in [0.05, 0.1) is 0 Å². The van der Waals surface area contributed by atoms with Crippen molar-refractivity contribution in [3.05, 3.63) is 29.3 Å². The summed E-state index contributed by atoms with van der Waals surface area (Å²) in [5, 5.41) is 1.64. The number of rotatable bonds is 1. The van der Waals surface area contributed by atoms with Crippen LogP contribution in [0.3, 0.4) is 0 Å². The van der Waals surface area contributed by atoms with E-state index in [9.17, 15) is 0 Å². The van der Waals surface area contributed by atoms with Crippen LogP contribution in [0.4, 0.5) is 5.69 Å². The Morgan fingerprint density at radius 3 is 2.57 bits per heavy atom. The first-order valence-electron chi connectivity index (χ1n) is 5.67. The number of hydrogen-bond donors (Lipinski definition) is 1. The Morgan fingerprint density at radius 2 is 1.93 bits per heavy atom. The van der Waals surface area contributed by atoms with Gasteiger partial charge in [0.15, 0.2) is 0 Å². The van der Waals surface area contributed by atoms with Crippen molar-refractivity contribution in [2.75, 3.05) is 31.1 Å². The van der Waals surface area contributed by atoms with Crippen molar-refractivity contribution in [2.24, 2.45) is 0 Å². The maximum Gasteiger partial charge on any atom is 0.122 e. The van der Waals surface area contributed by atoms with E-state index >= 15 is 0 Å². The molecule has 0 saturated carbocycles. The van der Waals surface area contributed by atoms with Crippen LogP contribution < -0.4 is 10.2 Å². The minimum absolute atomic E-state index is 0.840. The van der Waals surface area contributed by atoms with Gasteiger partial charge in [-0.1, -0.05) is 6.07 Å². The average molecular weight is 191 g/mol. The van der Waals surface area contributed by atoms with E-state index in [1.807, 2.05) is 0 Å². The first kappa shape index (κ1) is 8.30. The Labute approximate surface area is 87.4 Å². The Hall–Kier alpha value is -1.02. The molecule has 0 aromatic heterocycles. The zero-order valence-corrected chi connectivity index (χ0v) is 8.95.